The summed E-state index contributed by atoms with van der Waals surface area (Å²) in [5, 5.41) is 2.57. The lowest BCUT2D eigenvalue weighted by molar-refractivity contribution is -0.182. The van der Waals surface area contributed by atoms with Gasteiger partial charge in [0.1, 0.15) is 0 Å². The van der Waals surface area contributed by atoms with Crippen molar-refractivity contribution in [3.63, 3.8) is 0 Å². The van der Waals surface area contributed by atoms with E-state index in [1.54, 1.807) is 24.3 Å². The predicted molar refractivity (Wildman–Crippen MR) is 56.2 cm³/mol. The third-order valence-electron chi connectivity index (χ3n) is 2.59. The van der Waals surface area contributed by atoms with Crippen LogP contribution in [0, 0.1) is 0 Å². The van der Waals surface area contributed by atoms with Crippen LogP contribution in [0.1, 0.15) is 10.4 Å². The summed E-state index contributed by atoms with van der Waals surface area (Å²) in [7, 11) is 2.52. The number of fused-ring (bicyclic) bond motifs is 1. The normalized spacial score (nSPS) is 17.9. The molecule has 0 atom stereocenters. The first-order chi connectivity index (χ1) is 7.65. The molecule has 0 fully saturated rings. The highest BCUT2D eigenvalue weighted by Crippen LogP contribution is 2.30. The molecule has 1 aromatic carbocycles. The van der Waals surface area contributed by atoms with E-state index < -0.39 is 17.5 Å². The average Bonchev–Trinajstić information content (AvgIpc) is 2.31. The van der Waals surface area contributed by atoms with Gasteiger partial charge in [-0.25, -0.2) is 0 Å². The standard InChI is InChI=1S/C11H11NO4/c1-15-11(16-2)9(13)7-5-3-4-6-8(7)12-10(11)14/h3-6H,1-2H3,(H,12,14). The molecule has 16 heavy (non-hydrogen) atoms. The van der Waals surface area contributed by atoms with Crippen LogP contribution in [0.3, 0.4) is 0 Å². The molecule has 0 saturated heterocycles. The molecule has 84 valence electrons. The summed E-state index contributed by atoms with van der Waals surface area (Å²) in [5.41, 5.74) is 0.855. The molecule has 1 aromatic rings. The van der Waals surface area contributed by atoms with Gasteiger partial charge in [-0.1, -0.05) is 12.1 Å². The number of anilines is 1. The molecular weight excluding hydrogens is 210 g/mol. The first-order valence-corrected chi connectivity index (χ1v) is 4.71. The van der Waals surface area contributed by atoms with Gasteiger partial charge < -0.3 is 14.8 Å². The second-order valence-electron chi connectivity index (χ2n) is 3.35. The number of carbonyl (C=O) groups excluding carboxylic acids is 2. The number of hydrogen-bond acceptors (Lipinski definition) is 4. The van der Waals surface area contributed by atoms with E-state index in [-0.39, 0.29) is 0 Å². The van der Waals surface area contributed by atoms with Crippen molar-refractivity contribution in [2.45, 2.75) is 5.79 Å². The molecule has 1 amide bonds. The first-order valence-electron chi connectivity index (χ1n) is 4.71. The molecule has 5 heteroatoms. The van der Waals surface area contributed by atoms with Crippen LogP contribution in [0.25, 0.3) is 0 Å². The van der Waals surface area contributed by atoms with Gasteiger partial charge in [0.05, 0.1) is 5.69 Å². The summed E-state index contributed by atoms with van der Waals surface area (Å²) < 4.78 is 9.85. The number of nitrogens with one attached hydrogen (secondary N) is 1. The Morgan fingerprint density at radius 1 is 1.12 bits per heavy atom. The minimum atomic E-state index is -1.87. The molecule has 1 heterocycles. The van der Waals surface area contributed by atoms with E-state index in [9.17, 15) is 9.59 Å². The summed E-state index contributed by atoms with van der Waals surface area (Å²) in [6.07, 6.45) is 0. The van der Waals surface area contributed by atoms with E-state index in [0.717, 1.165) is 0 Å². The van der Waals surface area contributed by atoms with Crippen molar-refractivity contribution >= 4 is 17.4 Å². The summed E-state index contributed by atoms with van der Waals surface area (Å²) in [4.78, 5) is 23.9. The molecule has 0 aromatic heterocycles. The molecule has 5 nitrogen and oxygen atoms in total. The minimum absolute atomic E-state index is 0.380. The maximum absolute atomic E-state index is 12.1. The first kappa shape index (κ1) is 10.8. The van der Waals surface area contributed by atoms with E-state index >= 15 is 0 Å². The zero-order chi connectivity index (χ0) is 11.8. The Hall–Kier alpha value is -1.72. The quantitative estimate of drug-likeness (QED) is 0.593. The Morgan fingerprint density at radius 2 is 1.75 bits per heavy atom. The number of Topliss-reactive ketones (excluding diaryl/α,β-unsaturated/α-hetero) is 1. The molecule has 1 N–H and O–H groups in total. The molecule has 0 spiro atoms. The van der Waals surface area contributed by atoms with Gasteiger partial charge in [-0.05, 0) is 12.1 Å². The van der Waals surface area contributed by atoms with Crippen LogP contribution in [0.5, 0.6) is 0 Å². The van der Waals surface area contributed by atoms with Gasteiger partial charge in [-0.2, -0.15) is 0 Å². The number of carbonyl (C=O) groups is 2. The number of hydrogen-bond donors (Lipinski definition) is 1. The van der Waals surface area contributed by atoms with Gasteiger partial charge in [0.25, 0.3) is 5.91 Å². The van der Waals surface area contributed by atoms with Crippen molar-refractivity contribution in [1.29, 1.82) is 0 Å². The van der Waals surface area contributed by atoms with Gasteiger partial charge in [-0.3, -0.25) is 9.59 Å². The number of ketones is 1. The van der Waals surface area contributed by atoms with Crippen LogP contribution >= 0.6 is 0 Å². The van der Waals surface area contributed by atoms with Gasteiger partial charge >= 0.3 is 5.79 Å². The zero-order valence-electron chi connectivity index (χ0n) is 8.94. The fourth-order valence-electron chi connectivity index (χ4n) is 1.73. The van der Waals surface area contributed by atoms with Crippen molar-refractivity contribution in [1.82, 2.24) is 0 Å². The van der Waals surface area contributed by atoms with E-state index in [1.807, 2.05) is 0 Å². The fraction of sp³-hybridized carbons (Fsp3) is 0.273. The van der Waals surface area contributed by atoms with Crippen molar-refractivity contribution in [3.8, 4) is 0 Å². The van der Waals surface area contributed by atoms with Crippen molar-refractivity contribution in [2.75, 3.05) is 19.5 Å². The highest BCUT2D eigenvalue weighted by Gasteiger charge is 2.51. The largest absolute Gasteiger partial charge is 0.339 e. The fourth-order valence-corrected chi connectivity index (χ4v) is 1.73. The van der Waals surface area contributed by atoms with Gasteiger partial charge in [0, 0.05) is 19.8 Å². The van der Waals surface area contributed by atoms with Gasteiger partial charge in [0.15, 0.2) is 0 Å². The number of benzene rings is 1. The molecule has 0 bridgehead atoms. The van der Waals surface area contributed by atoms with Crippen molar-refractivity contribution < 1.29 is 19.1 Å². The SMILES string of the molecule is COC1(OC)C(=O)Nc2ccccc2C1=O. The van der Waals surface area contributed by atoms with Crippen LogP contribution in [-0.4, -0.2) is 31.7 Å². The van der Waals surface area contributed by atoms with Crippen LogP contribution in [0.4, 0.5) is 5.69 Å². The van der Waals surface area contributed by atoms with E-state index in [2.05, 4.69) is 5.32 Å². The molecule has 0 radical (unpaired) electrons. The Kier molecular flexibility index (Phi) is 2.49. The van der Waals surface area contributed by atoms with Crippen LogP contribution < -0.4 is 5.32 Å². The van der Waals surface area contributed by atoms with Crippen LogP contribution in [0.2, 0.25) is 0 Å². The van der Waals surface area contributed by atoms with Crippen LogP contribution in [0.15, 0.2) is 24.3 Å². The highest BCUT2D eigenvalue weighted by atomic mass is 16.7. The number of para-hydroxylation sites is 1. The number of rotatable bonds is 2. The molecule has 2 rings (SSSR count). The predicted octanol–water partition coefficient (Wildman–Crippen LogP) is 0.810. The lowest BCUT2D eigenvalue weighted by Crippen LogP contribution is -2.55. The third kappa shape index (κ3) is 1.26. The Morgan fingerprint density at radius 3 is 2.38 bits per heavy atom. The summed E-state index contributed by atoms with van der Waals surface area (Å²) in [6.45, 7) is 0. The molecule has 0 unspecified atom stereocenters. The van der Waals surface area contributed by atoms with Gasteiger partial charge in [0.2, 0.25) is 5.78 Å². The molecule has 0 saturated carbocycles. The second-order valence-corrected chi connectivity index (χ2v) is 3.35. The van der Waals surface area contributed by atoms with E-state index in [0.29, 0.717) is 11.3 Å². The molecule has 0 aliphatic carbocycles. The number of ether oxygens (including phenoxy) is 2. The summed E-state index contributed by atoms with van der Waals surface area (Å²) >= 11 is 0. The summed E-state index contributed by atoms with van der Waals surface area (Å²) in [6, 6.07) is 6.72. The topological polar surface area (TPSA) is 64.6 Å². The summed E-state index contributed by atoms with van der Waals surface area (Å²) in [5.74, 6) is -2.97. The Bertz CT molecular complexity index is 451. The second kappa shape index (κ2) is 3.70. The van der Waals surface area contributed by atoms with E-state index in [1.165, 1.54) is 14.2 Å². The van der Waals surface area contributed by atoms with Gasteiger partial charge in [-0.15, -0.1) is 0 Å². The minimum Gasteiger partial charge on any atom is -0.339 e. The smallest absolute Gasteiger partial charge is 0.315 e. The Labute approximate surface area is 92.4 Å². The number of methoxy groups -OCH3 is 2. The highest BCUT2D eigenvalue weighted by molar-refractivity contribution is 6.25. The van der Waals surface area contributed by atoms with Crippen molar-refractivity contribution in [3.05, 3.63) is 29.8 Å². The zero-order valence-corrected chi connectivity index (χ0v) is 8.94. The molecule has 1 aliphatic heterocycles. The lowest BCUT2D eigenvalue weighted by atomic mass is 9.96. The molecule has 1 aliphatic rings. The Balaban J connectivity index is 2.57. The third-order valence-corrected chi connectivity index (χ3v) is 2.59. The maximum Gasteiger partial charge on any atom is 0.315 e. The van der Waals surface area contributed by atoms with E-state index in [4.69, 9.17) is 9.47 Å². The van der Waals surface area contributed by atoms with Crippen molar-refractivity contribution in [2.24, 2.45) is 0 Å². The molecular formula is C11H11NO4. The maximum atomic E-state index is 12.1. The lowest BCUT2D eigenvalue weighted by Gasteiger charge is -2.32. The monoisotopic (exact) mass is 221 g/mol. The number of amides is 1. The van der Waals surface area contributed by atoms with Crippen LogP contribution in [-0.2, 0) is 14.3 Å². The average molecular weight is 221 g/mol.